The van der Waals surface area contributed by atoms with Crippen LogP contribution in [0.25, 0.3) is 17.4 Å². The molecule has 0 bridgehead atoms. The number of rotatable bonds is 23. The lowest BCUT2D eigenvalue weighted by Gasteiger charge is -2.27. The van der Waals surface area contributed by atoms with Gasteiger partial charge in [0.15, 0.2) is 0 Å². The number of hydrogen-bond acceptors (Lipinski definition) is 7. The van der Waals surface area contributed by atoms with Crippen molar-refractivity contribution in [2.24, 2.45) is 0 Å². The molecule has 3 aliphatic rings. The zero-order chi connectivity index (χ0) is 42.3. The highest BCUT2D eigenvalue weighted by atomic mass is 35.5. The average Bonchev–Trinajstić information content (AvgIpc) is 3.38. The zero-order valence-electron chi connectivity index (χ0n) is 35.9. The van der Waals surface area contributed by atoms with Crippen molar-refractivity contribution in [1.29, 1.82) is 0 Å². The number of alkyl halides is 1. The number of anilines is 1. The van der Waals surface area contributed by atoms with Crippen LogP contribution in [0.1, 0.15) is 117 Å². The van der Waals surface area contributed by atoms with Gasteiger partial charge in [-0.3, -0.25) is 9.35 Å². The summed E-state index contributed by atoms with van der Waals surface area (Å²) in [6, 6.07) is 13.4. The lowest BCUT2D eigenvalue weighted by Crippen LogP contribution is -2.29. The van der Waals surface area contributed by atoms with Crippen LogP contribution in [-0.2, 0) is 35.2 Å². The van der Waals surface area contributed by atoms with Crippen LogP contribution in [-0.4, -0.2) is 77.4 Å². The molecule has 2 aliphatic heterocycles. The summed E-state index contributed by atoms with van der Waals surface area (Å²) in [6.45, 7) is 20.1. The summed E-state index contributed by atoms with van der Waals surface area (Å²) in [4.78, 5) is 14.6. The Morgan fingerprint density at radius 3 is 2.33 bits per heavy atom. The average molecular weight is 842 g/mol. The summed E-state index contributed by atoms with van der Waals surface area (Å²) in [5.41, 5.74) is 4.06. The van der Waals surface area contributed by atoms with E-state index >= 15 is 0 Å². The Hall–Kier alpha value is -3.48. The normalized spacial score (nSPS) is 14.8. The molecule has 12 heteroatoms. The molecule has 0 saturated carbocycles. The van der Waals surface area contributed by atoms with E-state index in [2.05, 4.69) is 106 Å². The molecule has 1 amide bonds. The van der Waals surface area contributed by atoms with Gasteiger partial charge in [-0.25, -0.2) is 4.58 Å². The SMILES string of the molecule is CC[N+](CC)=c1ccc2c(C=CC=C3N(CCCCCC(=O)NCCOCCOCCCCCCCl)c4ccc(S(=O)(=O)O)cc4C3(C)C)cc(C(C)(C)C)oc-2c1. The van der Waals surface area contributed by atoms with Gasteiger partial charge in [0.2, 0.25) is 11.3 Å². The van der Waals surface area contributed by atoms with Crippen LogP contribution in [0, 0.1) is 0 Å². The van der Waals surface area contributed by atoms with Crippen LogP contribution in [0.3, 0.4) is 0 Å². The van der Waals surface area contributed by atoms with Gasteiger partial charge in [-0.1, -0.05) is 66.0 Å². The number of fused-ring (bicyclic) bond motifs is 2. The largest absolute Gasteiger partial charge is 0.460 e. The molecule has 2 N–H and O–H groups in total. The van der Waals surface area contributed by atoms with Gasteiger partial charge in [0.25, 0.3) is 10.1 Å². The molecular formula is C46H67ClN3O7S+. The minimum atomic E-state index is -4.38. The van der Waals surface area contributed by atoms with E-state index in [4.69, 9.17) is 25.5 Å². The first kappa shape index (κ1) is 47.2. The van der Waals surface area contributed by atoms with Gasteiger partial charge < -0.3 is 24.1 Å². The third-order valence-electron chi connectivity index (χ3n) is 10.7. The first-order chi connectivity index (χ1) is 27.6. The van der Waals surface area contributed by atoms with Crippen molar-refractivity contribution in [3.05, 3.63) is 82.6 Å². The van der Waals surface area contributed by atoms with Crippen LogP contribution < -0.4 is 20.1 Å². The number of nitrogens with one attached hydrogen (secondary N) is 1. The first-order valence-corrected chi connectivity index (χ1v) is 23.0. The van der Waals surface area contributed by atoms with Crippen molar-refractivity contribution in [2.75, 3.05) is 63.4 Å². The number of amides is 1. The molecule has 4 rings (SSSR count). The maximum Gasteiger partial charge on any atom is 0.294 e. The second kappa shape index (κ2) is 22.2. The Kier molecular flexibility index (Phi) is 18.1. The molecule has 1 aromatic carbocycles. The van der Waals surface area contributed by atoms with Crippen molar-refractivity contribution in [3.63, 3.8) is 0 Å². The summed E-state index contributed by atoms with van der Waals surface area (Å²) >= 11 is 5.70. The molecule has 1 aromatic rings. The highest BCUT2D eigenvalue weighted by molar-refractivity contribution is 7.85. The summed E-state index contributed by atoms with van der Waals surface area (Å²) in [5, 5.41) is 4.07. The van der Waals surface area contributed by atoms with E-state index in [9.17, 15) is 17.8 Å². The van der Waals surface area contributed by atoms with Gasteiger partial charge in [-0.05, 0) is 87.1 Å². The number of carbonyl (C=O) groups excluding carboxylic acids is 1. The number of halogens is 1. The Bertz CT molecular complexity index is 2010. The van der Waals surface area contributed by atoms with Crippen molar-refractivity contribution in [3.8, 4) is 11.3 Å². The minimum Gasteiger partial charge on any atom is -0.460 e. The van der Waals surface area contributed by atoms with Crippen molar-refractivity contribution in [2.45, 2.75) is 116 Å². The second-order valence-corrected chi connectivity index (χ2v) is 18.3. The quantitative estimate of drug-likeness (QED) is 0.0421. The third-order valence-corrected chi connectivity index (χ3v) is 11.9. The molecule has 0 aromatic heterocycles. The molecular weight excluding hydrogens is 774 g/mol. The number of carbonyl (C=O) groups is 1. The van der Waals surface area contributed by atoms with E-state index < -0.39 is 15.5 Å². The number of ether oxygens (including phenoxy) is 2. The van der Waals surface area contributed by atoms with Gasteiger partial charge in [0.1, 0.15) is 24.6 Å². The maximum atomic E-state index is 12.5. The molecule has 0 radical (unpaired) electrons. The van der Waals surface area contributed by atoms with Gasteiger partial charge in [-0.2, -0.15) is 8.42 Å². The van der Waals surface area contributed by atoms with Crippen LogP contribution in [0.15, 0.2) is 69.6 Å². The first-order valence-electron chi connectivity index (χ1n) is 21.0. The summed E-state index contributed by atoms with van der Waals surface area (Å²) in [6.07, 6.45) is 13.5. The Balaban J connectivity index is 1.43. The number of benzene rings is 2. The van der Waals surface area contributed by atoms with E-state index in [1.165, 1.54) is 6.07 Å². The molecule has 0 spiro atoms. The van der Waals surface area contributed by atoms with Gasteiger partial charge in [0, 0.05) is 65.8 Å². The minimum absolute atomic E-state index is 0.00745. The van der Waals surface area contributed by atoms with Crippen LogP contribution >= 0.6 is 11.6 Å². The predicted octanol–water partition coefficient (Wildman–Crippen LogP) is 8.94. The molecule has 10 nitrogen and oxygen atoms in total. The van der Waals surface area contributed by atoms with E-state index in [-0.39, 0.29) is 16.2 Å². The molecule has 58 heavy (non-hydrogen) atoms. The van der Waals surface area contributed by atoms with E-state index in [0.717, 1.165) is 110 Å². The summed E-state index contributed by atoms with van der Waals surface area (Å²) < 4.78 is 54.2. The molecule has 0 fully saturated rings. The van der Waals surface area contributed by atoms with Crippen LogP contribution in [0.5, 0.6) is 0 Å². The standard InChI is InChI=1S/C46H66ClN3O7S/c1-8-49(9-2)36-21-23-38-35(32-43(45(3,4)5)57-41(38)33-36)18-17-19-42-46(6,7)39-34-37(58(52,53)54)22-24-40(39)50(42)27-15-12-13-20-44(51)48-26-29-56-31-30-55-28-16-11-10-14-25-47/h17-19,21-24,32-34H,8-16,20,25-31H2,1-7H3,(H-,48,51,52,53,54)/p+1. The summed E-state index contributed by atoms with van der Waals surface area (Å²) in [5.74, 6) is 2.44. The third kappa shape index (κ3) is 13.3. The molecule has 0 atom stereocenters. The Labute approximate surface area is 352 Å². The number of hydrogen-bond donors (Lipinski definition) is 2. The maximum absolute atomic E-state index is 12.5. The topological polar surface area (TPSA) is 121 Å². The van der Waals surface area contributed by atoms with Gasteiger partial charge in [-0.15, -0.1) is 11.6 Å². The molecule has 320 valence electrons. The van der Waals surface area contributed by atoms with E-state index in [1.807, 2.05) is 0 Å². The second-order valence-electron chi connectivity index (χ2n) is 16.5. The van der Waals surface area contributed by atoms with E-state index in [1.54, 1.807) is 12.1 Å². The lowest BCUT2D eigenvalue weighted by molar-refractivity contribution is -0.121. The number of nitrogens with zero attached hydrogens (tertiary/aromatic N) is 2. The Morgan fingerprint density at radius 2 is 1.64 bits per heavy atom. The smallest absolute Gasteiger partial charge is 0.294 e. The fraction of sp³-hybridized carbons (Fsp3) is 0.565. The lowest BCUT2D eigenvalue weighted by atomic mass is 9.83. The highest BCUT2D eigenvalue weighted by Crippen LogP contribution is 2.48. The Morgan fingerprint density at radius 1 is 0.931 bits per heavy atom. The summed E-state index contributed by atoms with van der Waals surface area (Å²) in [7, 11) is -4.38. The number of unbranched alkanes of at least 4 members (excludes halogenated alkanes) is 5. The monoisotopic (exact) mass is 840 g/mol. The fourth-order valence-electron chi connectivity index (χ4n) is 7.35. The predicted molar refractivity (Wildman–Crippen MR) is 236 cm³/mol. The molecule has 2 heterocycles. The van der Waals surface area contributed by atoms with Gasteiger partial charge >= 0.3 is 0 Å². The molecule has 0 unspecified atom stereocenters. The van der Waals surface area contributed by atoms with Crippen LogP contribution in [0.4, 0.5) is 5.69 Å². The zero-order valence-corrected chi connectivity index (χ0v) is 37.4. The van der Waals surface area contributed by atoms with E-state index in [0.29, 0.717) is 45.2 Å². The highest BCUT2D eigenvalue weighted by Gasteiger charge is 2.40. The van der Waals surface area contributed by atoms with Crippen molar-refractivity contribution < 1.29 is 31.7 Å². The molecule has 0 saturated heterocycles. The molecule has 1 aliphatic carbocycles. The number of allylic oxidation sites excluding steroid dienone is 3. The van der Waals surface area contributed by atoms with Crippen LogP contribution in [0.2, 0.25) is 0 Å². The van der Waals surface area contributed by atoms with Gasteiger partial charge in [0.05, 0.1) is 30.8 Å². The van der Waals surface area contributed by atoms with Crippen molar-refractivity contribution >= 4 is 39.4 Å². The fourth-order valence-corrected chi connectivity index (χ4v) is 8.05. The van der Waals surface area contributed by atoms with Crippen molar-refractivity contribution in [1.82, 2.24) is 9.89 Å².